The molecule has 5 nitrogen and oxygen atoms in total. The molecule has 0 aliphatic rings. The number of nitrogens with two attached hydrogens (primary N) is 1. The van der Waals surface area contributed by atoms with Gasteiger partial charge in [0.1, 0.15) is 18.0 Å². The molecule has 0 radical (unpaired) electrons. The monoisotopic (exact) mass is 232 g/mol. The minimum absolute atomic E-state index is 0.0728. The van der Waals surface area contributed by atoms with E-state index in [2.05, 4.69) is 15.3 Å². The highest BCUT2D eigenvalue weighted by atomic mass is 19.1. The van der Waals surface area contributed by atoms with E-state index in [0.717, 1.165) is 6.07 Å². The van der Waals surface area contributed by atoms with E-state index in [1.54, 1.807) is 0 Å². The Bertz CT molecular complexity index is 544. The summed E-state index contributed by atoms with van der Waals surface area (Å²) in [7, 11) is 0. The maximum Gasteiger partial charge on any atom is 0.259 e. The van der Waals surface area contributed by atoms with E-state index in [4.69, 9.17) is 5.73 Å². The van der Waals surface area contributed by atoms with Gasteiger partial charge >= 0.3 is 0 Å². The Morgan fingerprint density at radius 3 is 2.88 bits per heavy atom. The van der Waals surface area contributed by atoms with E-state index in [1.165, 1.54) is 30.7 Å². The molecule has 0 aliphatic carbocycles. The molecule has 2 aromatic rings. The first-order valence-electron chi connectivity index (χ1n) is 4.79. The lowest BCUT2D eigenvalue weighted by molar-refractivity contribution is 0.102. The van der Waals surface area contributed by atoms with Gasteiger partial charge in [-0.3, -0.25) is 4.79 Å². The Kier molecular flexibility index (Phi) is 2.95. The van der Waals surface area contributed by atoms with Crippen molar-refractivity contribution in [2.75, 3.05) is 11.1 Å². The molecule has 0 atom stereocenters. The van der Waals surface area contributed by atoms with Crippen LogP contribution in [0.1, 0.15) is 10.4 Å². The molecule has 1 aromatic carbocycles. The summed E-state index contributed by atoms with van der Waals surface area (Å²) in [6.45, 7) is 0. The van der Waals surface area contributed by atoms with Gasteiger partial charge in [0, 0.05) is 11.9 Å². The lowest BCUT2D eigenvalue weighted by Crippen LogP contribution is -2.15. The van der Waals surface area contributed by atoms with Gasteiger partial charge in [-0.15, -0.1) is 0 Å². The van der Waals surface area contributed by atoms with Crippen molar-refractivity contribution >= 4 is 17.4 Å². The molecule has 0 unspecified atom stereocenters. The first-order chi connectivity index (χ1) is 8.16. The quantitative estimate of drug-likeness (QED) is 0.768. The van der Waals surface area contributed by atoms with Gasteiger partial charge in [-0.1, -0.05) is 0 Å². The molecule has 1 amide bonds. The second-order valence-corrected chi connectivity index (χ2v) is 3.28. The normalized spacial score (nSPS) is 9.94. The average Bonchev–Trinajstić information content (AvgIpc) is 2.33. The molecule has 0 spiro atoms. The third-order valence-corrected chi connectivity index (χ3v) is 2.08. The number of carbonyl (C=O) groups excluding carboxylic acids is 1. The van der Waals surface area contributed by atoms with E-state index in [9.17, 15) is 9.18 Å². The van der Waals surface area contributed by atoms with Gasteiger partial charge in [-0.05, 0) is 24.3 Å². The maximum atomic E-state index is 13.0. The predicted octanol–water partition coefficient (Wildman–Crippen LogP) is 1.45. The number of nitrogens with zero attached hydrogens (tertiary/aromatic N) is 2. The van der Waals surface area contributed by atoms with E-state index in [0.29, 0.717) is 5.82 Å². The Labute approximate surface area is 96.5 Å². The Morgan fingerprint density at radius 2 is 2.18 bits per heavy atom. The van der Waals surface area contributed by atoms with Crippen LogP contribution in [0.2, 0.25) is 0 Å². The molecule has 86 valence electrons. The van der Waals surface area contributed by atoms with Crippen molar-refractivity contribution in [3.05, 3.63) is 48.2 Å². The van der Waals surface area contributed by atoms with Crippen LogP contribution in [-0.4, -0.2) is 15.9 Å². The lowest BCUT2D eigenvalue weighted by Gasteiger charge is -2.06. The fourth-order valence-corrected chi connectivity index (χ4v) is 1.27. The van der Waals surface area contributed by atoms with Crippen LogP contribution in [-0.2, 0) is 0 Å². The smallest absolute Gasteiger partial charge is 0.259 e. The van der Waals surface area contributed by atoms with Crippen LogP contribution in [0.4, 0.5) is 15.9 Å². The summed E-state index contributed by atoms with van der Waals surface area (Å²) >= 11 is 0. The minimum atomic E-state index is -0.521. The Balaban J connectivity index is 2.23. The third kappa shape index (κ3) is 2.54. The summed E-state index contributed by atoms with van der Waals surface area (Å²) in [5, 5.41) is 2.49. The number of hydrogen-bond donors (Lipinski definition) is 2. The van der Waals surface area contributed by atoms with Crippen molar-refractivity contribution in [1.29, 1.82) is 0 Å². The number of carbonyl (C=O) groups is 1. The summed E-state index contributed by atoms with van der Waals surface area (Å²) in [5.41, 5.74) is 5.86. The molecule has 2 rings (SSSR count). The molecule has 0 bridgehead atoms. The number of amides is 1. The number of halogens is 1. The summed E-state index contributed by atoms with van der Waals surface area (Å²) in [4.78, 5) is 19.3. The summed E-state index contributed by atoms with van der Waals surface area (Å²) in [6.07, 6.45) is 2.78. The van der Waals surface area contributed by atoms with Crippen molar-refractivity contribution in [3.63, 3.8) is 0 Å². The van der Waals surface area contributed by atoms with Gasteiger partial charge in [0.2, 0.25) is 0 Å². The average molecular weight is 232 g/mol. The van der Waals surface area contributed by atoms with E-state index < -0.39 is 11.7 Å². The first kappa shape index (κ1) is 11.0. The highest BCUT2D eigenvalue weighted by Crippen LogP contribution is 2.14. The first-order valence-corrected chi connectivity index (χ1v) is 4.79. The standard InChI is InChI=1S/C11H9FN4O/c12-7-1-2-9(13)8(5-7)11(17)16-10-3-4-14-6-15-10/h1-6H,13H2,(H,14,15,16,17). The SMILES string of the molecule is Nc1ccc(F)cc1C(=O)Nc1ccncn1. The number of anilines is 2. The zero-order valence-corrected chi connectivity index (χ0v) is 8.72. The fourth-order valence-electron chi connectivity index (χ4n) is 1.27. The maximum absolute atomic E-state index is 13.0. The number of nitrogens with one attached hydrogen (secondary N) is 1. The van der Waals surface area contributed by atoms with E-state index in [-0.39, 0.29) is 11.3 Å². The molecule has 6 heteroatoms. The molecule has 1 aromatic heterocycles. The van der Waals surface area contributed by atoms with Crippen LogP contribution >= 0.6 is 0 Å². The second kappa shape index (κ2) is 4.56. The lowest BCUT2D eigenvalue weighted by atomic mass is 10.1. The van der Waals surface area contributed by atoms with Gasteiger partial charge in [-0.2, -0.15) is 0 Å². The number of benzene rings is 1. The van der Waals surface area contributed by atoms with Crippen LogP contribution in [0.25, 0.3) is 0 Å². The molecular weight excluding hydrogens is 223 g/mol. The highest BCUT2D eigenvalue weighted by Gasteiger charge is 2.11. The minimum Gasteiger partial charge on any atom is -0.398 e. The largest absolute Gasteiger partial charge is 0.398 e. The van der Waals surface area contributed by atoms with Crippen molar-refractivity contribution < 1.29 is 9.18 Å². The molecular formula is C11H9FN4O. The highest BCUT2D eigenvalue weighted by molar-refractivity contribution is 6.07. The van der Waals surface area contributed by atoms with Gasteiger partial charge in [0.15, 0.2) is 0 Å². The molecule has 3 N–H and O–H groups in total. The van der Waals surface area contributed by atoms with Crippen molar-refractivity contribution in [3.8, 4) is 0 Å². The Morgan fingerprint density at radius 1 is 1.35 bits per heavy atom. The van der Waals surface area contributed by atoms with Gasteiger partial charge in [-0.25, -0.2) is 14.4 Å². The van der Waals surface area contributed by atoms with Gasteiger partial charge in [0.05, 0.1) is 5.56 Å². The van der Waals surface area contributed by atoms with Gasteiger partial charge in [0.25, 0.3) is 5.91 Å². The molecule has 0 fully saturated rings. The molecule has 17 heavy (non-hydrogen) atoms. The van der Waals surface area contributed by atoms with Crippen LogP contribution in [0.5, 0.6) is 0 Å². The van der Waals surface area contributed by atoms with Crippen molar-refractivity contribution in [1.82, 2.24) is 9.97 Å². The van der Waals surface area contributed by atoms with Gasteiger partial charge < -0.3 is 11.1 Å². The molecule has 0 aliphatic heterocycles. The fraction of sp³-hybridized carbons (Fsp3) is 0. The number of aromatic nitrogens is 2. The molecule has 0 saturated heterocycles. The summed E-state index contributed by atoms with van der Waals surface area (Å²) in [5.74, 6) is -0.707. The van der Waals surface area contributed by atoms with Crippen LogP contribution in [0.3, 0.4) is 0 Å². The number of rotatable bonds is 2. The van der Waals surface area contributed by atoms with E-state index in [1.807, 2.05) is 0 Å². The number of hydrogen-bond acceptors (Lipinski definition) is 4. The summed E-state index contributed by atoms with van der Waals surface area (Å²) in [6, 6.07) is 5.13. The second-order valence-electron chi connectivity index (χ2n) is 3.28. The van der Waals surface area contributed by atoms with Crippen LogP contribution in [0.15, 0.2) is 36.8 Å². The topological polar surface area (TPSA) is 80.9 Å². The molecule has 1 heterocycles. The van der Waals surface area contributed by atoms with E-state index >= 15 is 0 Å². The zero-order valence-electron chi connectivity index (χ0n) is 8.72. The third-order valence-electron chi connectivity index (χ3n) is 2.08. The Hall–Kier alpha value is -2.50. The van der Waals surface area contributed by atoms with Crippen LogP contribution in [0, 0.1) is 5.82 Å². The molecule has 0 saturated carbocycles. The number of nitrogen functional groups attached to an aromatic ring is 1. The predicted molar refractivity (Wildman–Crippen MR) is 60.8 cm³/mol. The summed E-state index contributed by atoms with van der Waals surface area (Å²) < 4.78 is 13.0. The van der Waals surface area contributed by atoms with Crippen LogP contribution < -0.4 is 11.1 Å². The zero-order chi connectivity index (χ0) is 12.3. The van der Waals surface area contributed by atoms with Crippen molar-refractivity contribution in [2.45, 2.75) is 0 Å². The van der Waals surface area contributed by atoms with Crippen molar-refractivity contribution in [2.24, 2.45) is 0 Å².